The van der Waals surface area contributed by atoms with E-state index in [1.54, 1.807) is 18.2 Å². The number of nitrogens with zero attached hydrogens (tertiary/aromatic N) is 1. The summed E-state index contributed by atoms with van der Waals surface area (Å²) in [6.45, 7) is 2.12. The van der Waals surface area contributed by atoms with Gasteiger partial charge in [0.15, 0.2) is 0 Å². The molecule has 0 unspecified atom stereocenters. The van der Waals surface area contributed by atoms with Crippen molar-refractivity contribution in [2.75, 3.05) is 20.6 Å². The van der Waals surface area contributed by atoms with E-state index in [9.17, 15) is 13.5 Å². The third kappa shape index (κ3) is 3.29. The number of hydrogen-bond donors (Lipinski definition) is 2. The lowest BCUT2D eigenvalue weighted by atomic mass is 9.76. The Kier molecular flexibility index (Phi) is 4.72. The molecule has 1 aromatic rings. The van der Waals surface area contributed by atoms with Crippen molar-refractivity contribution < 1.29 is 13.5 Å². The van der Waals surface area contributed by atoms with Crippen LogP contribution in [0, 0.1) is 6.92 Å². The molecule has 5 nitrogen and oxygen atoms in total. The van der Waals surface area contributed by atoms with Gasteiger partial charge in [0.25, 0.3) is 0 Å². The normalized spacial score (nSPS) is 17.8. The van der Waals surface area contributed by atoms with Crippen LogP contribution in [0.25, 0.3) is 0 Å². The highest BCUT2D eigenvalue weighted by Crippen LogP contribution is 2.35. The minimum atomic E-state index is -3.54. The zero-order chi connectivity index (χ0) is 15.7. The Morgan fingerprint density at radius 3 is 2.48 bits per heavy atom. The summed E-state index contributed by atoms with van der Waals surface area (Å²) in [7, 11) is 0.438. The van der Waals surface area contributed by atoms with Crippen molar-refractivity contribution in [3.63, 3.8) is 0 Å². The molecule has 0 saturated heterocycles. The van der Waals surface area contributed by atoms with Crippen molar-refractivity contribution in [1.29, 1.82) is 0 Å². The average molecular weight is 312 g/mol. The highest BCUT2D eigenvalue weighted by molar-refractivity contribution is 7.89. The largest absolute Gasteiger partial charge is 0.392 e. The summed E-state index contributed by atoms with van der Waals surface area (Å²) in [5.74, 6) is 0. The molecule has 1 saturated carbocycles. The summed E-state index contributed by atoms with van der Waals surface area (Å²) < 4.78 is 27.5. The Bertz CT molecular complexity index is 607. The molecule has 0 aliphatic heterocycles. The number of nitrogens with one attached hydrogen (secondary N) is 1. The number of sulfonamides is 1. The quantitative estimate of drug-likeness (QED) is 0.829. The van der Waals surface area contributed by atoms with E-state index < -0.39 is 10.0 Å². The van der Waals surface area contributed by atoms with E-state index >= 15 is 0 Å². The minimum absolute atomic E-state index is 0.0580. The number of likely N-dealkylation sites (N-methyl/N-ethyl adjacent to an activating group) is 1. The monoisotopic (exact) mass is 312 g/mol. The van der Waals surface area contributed by atoms with Gasteiger partial charge in [0.2, 0.25) is 10.0 Å². The first-order chi connectivity index (χ1) is 9.81. The van der Waals surface area contributed by atoms with Gasteiger partial charge in [-0.1, -0.05) is 6.07 Å². The Hall–Kier alpha value is -0.950. The van der Waals surface area contributed by atoms with E-state index in [2.05, 4.69) is 9.62 Å². The summed E-state index contributed by atoms with van der Waals surface area (Å²) in [5.41, 5.74) is 1.47. The van der Waals surface area contributed by atoms with Gasteiger partial charge in [-0.15, -0.1) is 0 Å². The number of aryl methyl sites for hydroxylation is 1. The van der Waals surface area contributed by atoms with Crippen LogP contribution < -0.4 is 4.72 Å². The Labute approximate surface area is 127 Å². The summed E-state index contributed by atoms with van der Waals surface area (Å²) in [5, 5.41) is 9.27. The molecule has 6 heteroatoms. The fourth-order valence-electron chi connectivity index (χ4n) is 2.67. The Morgan fingerprint density at radius 1 is 1.33 bits per heavy atom. The van der Waals surface area contributed by atoms with Gasteiger partial charge >= 0.3 is 0 Å². The van der Waals surface area contributed by atoms with Gasteiger partial charge in [-0.3, -0.25) is 0 Å². The predicted molar refractivity (Wildman–Crippen MR) is 82.6 cm³/mol. The zero-order valence-electron chi connectivity index (χ0n) is 12.9. The van der Waals surface area contributed by atoms with E-state index in [1.807, 2.05) is 21.0 Å². The molecule has 1 aliphatic rings. The second kappa shape index (κ2) is 6.04. The molecule has 1 aromatic carbocycles. The smallest absolute Gasteiger partial charge is 0.240 e. The lowest BCUT2D eigenvalue weighted by Gasteiger charge is -2.47. The molecule has 0 spiro atoms. The van der Waals surface area contributed by atoms with Gasteiger partial charge in [-0.2, -0.15) is 0 Å². The molecule has 21 heavy (non-hydrogen) atoms. The molecular formula is C15H24N2O3S. The molecule has 0 aromatic heterocycles. The van der Waals surface area contributed by atoms with E-state index in [0.717, 1.165) is 24.8 Å². The molecule has 0 radical (unpaired) electrons. The number of aliphatic hydroxyl groups excluding tert-OH is 1. The van der Waals surface area contributed by atoms with Crippen molar-refractivity contribution >= 4 is 10.0 Å². The third-order valence-corrected chi connectivity index (χ3v) is 6.02. The summed E-state index contributed by atoms with van der Waals surface area (Å²) >= 11 is 0. The van der Waals surface area contributed by atoms with Crippen molar-refractivity contribution in [3.8, 4) is 0 Å². The van der Waals surface area contributed by atoms with Gasteiger partial charge in [0.1, 0.15) is 0 Å². The van der Waals surface area contributed by atoms with Gasteiger partial charge in [0, 0.05) is 12.1 Å². The Balaban J connectivity index is 2.15. The lowest BCUT2D eigenvalue weighted by molar-refractivity contribution is 0.0657. The molecule has 0 bridgehead atoms. The fraction of sp³-hybridized carbons (Fsp3) is 0.600. The molecule has 0 atom stereocenters. The van der Waals surface area contributed by atoms with E-state index in [0.29, 0.717) is 12.1 Å². The number of hydrogen-bond acceptors (Lipinski definition) is 4. The minimum Gasteiger partial charge on any atom is -0.392 e. The summed E-state index contributed by atoms with van der Waals surface area (Å²) in [6, 6.07) is 4.85. The van der Waals surface area contributed by atoms with Crippen LogP contribution in [0.2, 0.25) is 0 Å². The molecule has 2 rings (SSSR count). The summed E-state index contributed by atoms with van der Waals surface area (Å²) in [4.78, 5) is 2.32. The highest BCUT2D eigenvalue weighted by Gasteiger charge is 2.39. The fourth-order valence-corrected chi connectivity index (χ4v) is 3.83. The first-order valence-corrected chi connectivity index (χ1v) is 8.66. The van der Waals surface area contributed by atoms with E-state index in [-0.39, 0.29) is 17.0 Å². The van der Waals surface area contributed by atoms with Crippen molar-refractivity contribution in [1.82, 2.24) is 9.62 Å². The number of benzene rings is 1. The van der Waals surface area contributed by atoms with Crippen LogP contribution in [0.3, 0.4) is 0 Å². The first-order valence-electron chi connectivity index (χ1n) is 7.18. The van der Waals surface area contributed by atoms with E-state index in [4.69, 9.17) is 0 Å². The van der Waals surface area contributed by atoms with Crippen LogP contribution in [0.15, 0.2) is 23.1 Å². The van der Waals surface area contributed by atoms with Gasteiger partial charge < -0.3 is 10.0 Å². The summed E-state index contributed by atoms with van der Waals surface area (Å²) in [6.07, 6.45) is 3.16. The molecule has 1 aliphatic carbocycles. The van der Waals surface area contributed by atoms with Crippen LogP contribution in [0.4, 0.5) is 0 Å². The first kappa shape index (κ1) is 16.4. The van der Waals surface area contributed by atoms with Crippen molar-refractivity contribution in [3.05, 3.63) is 29.3 Å². The number of aliphatic hydroxyl groups is 1. The van der Waals surface area contributed by atoms with Crippen LogP contribution in [0.5, 0.6) is 0 Å². The SMILES string of the molecule is Cc1ccc(S(=O)(=O)NCC2(N(C)C)CCC2)cc1CO. The molecule has 0 heterocycles. The topological polar surface area (TPSA) is 69.6 Å². The lowest BCUT2D eigenvalue weighted by Crippen LogP contribution is -2.57. The maximum absolute atomic E-state index is 12.4. The molecule has 2 N–H and O–H groups in total. The predicted octanol–water partition coefficient (Wildman–Crippen LogP) is 1.25. The third-order valence-electron chi connectivity index (χ3n) is 4.63. The van der Waals surface area contributed by atoms with Crippen LogP contribution in [-0.2, 0) is 16.6 Å². The standard InChI is InChI=1S/C15H24N2O3S/c1-12-5-6-14(9-13(12)10-18)21(19,20)16-11-15(17(2)3)7-4-8-15/h5-6,9,16,18H,4,7-8,10-11H2,1-3H3. The maximum Gasteiger partial charge on any atom is 0.240 e. The van der Waals surface area contributed by atoms with Gasteiger partial charge in [-0.25, -0.2) is 13.1 Å². The average Bonchev–Trinajstić information content (AvgIpc) is 2.37. The van der Waals surface area contributed by atoms with Crippen LogP contribution in [-0.4, -0.2) is 44.6 Å². The van der Waals surface area contributed by atoms with Crippen LogP contribution >= 0.6 is 0 Å². The second-order valence-electron chi connectivity index (χ2n) is 6.04. The highest BCUT2D eigenvalue weighted by atomic mass is 32.2. The van der Waals surface area contributed by atoms with Gasteiger partial charge in [-0.05, 0) is 63.5 Å². The van der Waals surface area contributed by atoms with Gasteiger partial charge in [0.05, 0.1) is 11.5 Å². The number of rotatable bonds is 6. The molecule has 118 valence electrons. The van der Waals surface area contributed by atoms with E-state index in [1.165, 1.54) is 0 Å². The maximum atomic E-state index is 12.4. The van der Waals surface area contributed by atoms with Crippen molar-refractivity contribution in [2.45, 2.75) is 43.2 Å². The zero-order valence-corrected chi connectivity index (χ0v) is 13.7. The molecule has 0 amide bonds. The Morgan fingerprint density at radius 2 is 2.00 bits per heavy atom. The van der Waals surface area contributed by atoms with Crippen molar-refractivity contribution in [2.24, 2.45) is 0 Å². The van der Waals surface area contributed by atoms with Crippen LogP contribution in [0.1, 0.15) is 30.4 Å². The molecule has 1 fully saturated rings. The second-order valence-corrected chi connectivity index (χ2v) is 7.81. The molecular weight excluding hydrogens is 288 g/mol.